The van der Waals surface area contributed by atoms with E-state index in [4.69, 9.17) is 5.73 Å². The summed E-state index contributed by atoms with van der Waals surface area (Å²) in [4.78, 5) is 9.92. The van der Waals surface area contributed by atoms with Gasteiger partial charge in [-0.3, -0.25) is 10.1 Å². The molecule has 1 heterocycles. The van der Waals surface area contributed by atoms with E-state index in [0.29, 0.717) is 10.2 Å². The van der Waals surface area contributed by atoms with Crippen LogP contribution in [0.25, 0.3) is 0 Å². The van der Waals surface area contributed by atoms with Crippen LogP contribution in [0.4, 0.5) is 18.9 Å². The first-order valence-corrected chi connectivity index (χ1v) is 5.76. The third-order valence-electron chi connectivity index (χ3n) is 2.75. The number of hydrogen-bond acceptors (Lipinski definition) is 5. The summed E-state index contributed by atoms with van der Waals surface area (Å²) in [5, 5.41) is 17.4. The monoisotopic (exact) mass is 301 g/mol. The van der Waals surface area contributed by atoms with Gasteiger partial charge in [0.15, 0.2) is 5.69 Å². The zero-order valence-electron chi connectivity index (χ0n) is 10.5. The molecule has 0 fully saturated rings. The molecule has 112 valence electrons. The van der Waals surface area contributed by atoms with E-state index in [1.54, 1.807) is 0 Å². The van der Waals surface area contributed by atoms with Gasteiger partial charge in [0.05, 0.1) is 11.5 Å². The normalized spacial score (nSPS) is 11.6. The molecule has 7 nitrogen and oxygen atoms in total. The van der Waals surface area contributed by atoms with Gasteiger partial charge in [0.2, 0.25) is 0 Å². The third-order valence-corrected chi connectivity index (χ3v) is 2.75. The predicted molar refractivity (Wildman–Crippen MR) is 65.1 cm³/mol. The Morgan fingerprint density at radius 2 is 1.90 bits per heavy atom. The third kappa shape index (κ3) is 3.16. The molecule has 2 aromatic rings. The van der Waals surface area contributed by atoms with E-state index in [1.165, 1.54) is 24.3 Å². The van der Waals surface area contributed by atoms with Gasteiger partial charge in [-0.15, -0.1) is 5.10 Å². The number of non-ortho nitro benzene ring substituents is 1. The Bertz CT molecular complexity index is 651. The fourth-order valence-electron chi connectivity index (χ4n) is 1.80. The fourth-order valence-corrected chi connectivity index (χ4v) is 1.80. The first-order valence-electron chi connectivity index (χ1n) is 5.76. The Hall–Kier alpha value is -2.49. The molecule has 0 spiro atoms. The average Bonchev–Trinajstić information content (AvgIpc) is 2.82. The molecule has 0 saturated carbocycles. The minimum absolute atomic E-state index is 0.143. The molecule has 1 aromatic carbocycles. The topological polar surface area (TPSA) is 99.9 Å². The van der Waals surface area contributed by atoms with Crippen molar-refractivity contribution in [1.29, 1.82) is 0 Å². The molecule has 0 radical (unpaired) electrons. The second-order valence-electron chi connectivity index (χ2n) is 4.17. The van der Waals surface area contributed by atoms with Crippen LogP contribution >= 0.6 is 0 Å². The molecule has 0 aliphatic rings. The van der Waals surface area contributed by atoms with Gasteiger partial charge < -0.3 is 5.73 Å². The molecule has 0 unspecified atom stereocenters. The first kappa shape index (κ1) is 14.9. The van der Waals surface area contributed by atoms with Crippen LogP contribution in [0.1, 0.15) is 17.0 Å². The van der Waals surface area contributed by atoms with Crippen molar-refractivity contribution < 1.29 is 18.1 Å². The van der Waals surface area contributed by atoms with E-state index in [2.05, 4.69) is 10.3 Å². The summed E-state index contributed by atoms with van der Waals surface area (Å²) in [5.74, 6) is 0. The second kappa shape index (κ2) is 5.48. The molecule has 0 atom stereocenters. The summed E-state index contributed by atoms with van der Waals surface area (Å²) in [6.07, 6.45) is -4.63. The maximum Gasteiger partial charge on any atom is 0.434 e. The molecule has 1 aromatic heterocycles. The molecule has 0 aliphatic carbocycles. The number of halogens is 3. The lowest BCUT2D eigenvalue weighted by Crippen LogP contribution is -2.18. The lowest BCUT2D eigenvalue weighted by Gasteiger charge is -2.10. The SMILES string of the molecule is NCc1nnn(Cc2ccc([N+](=O)[O-])cc2)c1C(F)(F)F. The van der Waals surface area contributed by atoms with Gasteiger partial charge in [-0.25, -0.2) is 4.68 Å². The van der Waals surface area contributed by atoms with Crippen molar-refractivity contribution in [2.75, 3.05) is 0 Å². The Balaban J connectivity index is 2.31. The van der Waals surface area contributed by atoms with E-state index in [1.807, 2.05) is 0 Å². The maximum atomic E-state index is 13.0. The zero-order valence-corrected chi connectivity index (χ0v) is 10.5. The summed E-state index contributed by atoms with van der Waals surface area (Å²) >= 11 is 0. The molecular formula is C11H10F3N5O2. The summed E-state index contributed by atoms with van der Waals surface area (Å²) in [6.45, 7) is -0.588. The van der Waals surface area contributed by atoms with E-state index in [-0.39, 0.29) is 24.5 Å². The van der Waals surface area contributed by atoms with Gasteiger partial charge in [-0.2, -0.15) is 13.2 Å². The minimum Gasteiger partial charge on any atom is -0.325 e. The van der Waals surface area contributed by atoms with Crippen LogP contribution in [0, 0.1) is 10.1 Å². The van der Waals surface area contributed by atoms with Crippen molar-refractivity contribution in [3.63, 3.8) is 0 Å². The average molecular weight is 301 g/mol. The molecule has 0 saturated heterocycles. The number of nitro benzene ring substituents is 1. The number of nitrogens with zero attached hydrogens (tertiary/aromatic N) is 4. The molecular weight excluding hydrogens is 291 g/mol. The van der Waals surface area contributed by atoms with Crippen LogP contribution < -0.4 is 5.73 Å². The molecule has 10 heteroatoms. The number of alkyl halides is 3. The van der Waals surface area contributed by atoms with Gasteiger partial charge in [-0.05, 0) is 5.56 Å². The Kier molecular flexibility index (Phi) is 3.89. The highest BCUT2D eigenvalue weighted by Crippen LogP contribution is 2.31. The van der Waals surface area contributed by atoms with Crippen molar-refractivity contribution in [3.8, 4) is 0 Å². The number of nitrogens with two attached hydrogens (primary N) is 1. The fraction of sp³-hybridized carbons (Fsp3) is 0.273. The van der Waals surface area contributed by atoms with E-state index in [0.717, 1.165) is 0 Å². The standard InChI is InChI=1S/C11H10F3N5O2/c12-11(13,14)10-9(5-15)16-17-18(10)6-7-1-3-8(4-2-7)19(20)21/h1-4H,5-6,15H2. The first-order chi connectivity index (χ1) is 9.82. The molecule has 0 bridgehead atoms. The van der Waals surface area contributed by atoms with Gasteiger partial charge in [-0.1, -0.05) is 17.3 Å². The van der Waals surface area contributed by atoms with Crippen LogP contribution in [-0.2, 0) is 19.3 Å². The van der Waals surface area contributed by atoms with Gasteiger partial charge >= 0.3 is 6.18 Å². The van der Waals surface area contributed by atoms with Crippen molar-refractivity contribution in [3.05, 3.63) is 51.3 Å². The van der Waals surface area contributed by atoms with Crippen LogP contribution in [0.15, 0.2) is 24.3 Å². The van der Waals surface area contributed by atoms with E-state index in [9.17, 15) is 23.3 Å². The highest BCUT2D eigenvalue weighted by molar-refractivity contribution is 5.33. The quantitative estimate of drug-likeness (QED) is 0.684. The molecule has 21 heavy (non-hydrogen) atoms. The van der Waals surface area contributed by atoms with Crippen LogP contribution in [0.2, 0.25) is 0 Å². The lowest BCUT2D eigenvalue weighted by molar-refractivity contribution is -0.384. The van der Waals surface area contributed by atoms with Crippen molar-refractivity contribution in [2.24, 2.45) is 5.73 Å². The number of hydrogen-bond donors (Lipinski definition) is 1. The smallest absolute Gasteiger partial charge is 0.325 e. The molecule has 2 rings (SSSR count). The highest BCUT2D eigenvalue weighted by Gasteiger charge is 2.38. The van der Waals surface area contributed by atoms with Crippen LogP contribution in [-0.4, -0.2) is 19.9 Å². The van der Waals surface area contributed by atoms with Crippen LogP contribution in [0.5, 0.6) is 0 Å². The van der Waals surface area contributed by atoms with Crippen molar-refractivity contribution >= 4 is 5.69 Å². The number of aromatic nitrogens is 3. The summed E-state index contributed by atoms with van der Waals surface area (Å²) in [6, 6.07) is 5.15. The zero-order chi connectivity index (χ0) is 15.6. The second-order valence-corrected chi connectivity index (χ2v) is 4.17. The summed E-state index contributed by atoms with van der Waals surface area (Å²) in [7, 11) is 0. The Labute approximate surface area is 116 Å². The largest absolute Gasteiger partial charge is 0.434 e. The minimum atomic E-state index is -4.63. The van der Waals surface area contributed by atoms with Gasteiger partial charge in [0.1, 0.15) is 5.69 Å². The Morgan fingerprint density at radius 1 is 1.29 bits per heavy atom. The number of rotatable bonds is 4. The highest BCUT2D eigenvalue weighted by atomic mass is 19.4. The summed E-state index contributed by atoms with van der Waals surface area (Å²) < 4.78 is 39.6. The van der Waals surface area contributed by atoms with Crippen LogP contribution in [0.3, 0.4) is 0 Å². The summed E-state index contributed by atoms with van der Waals surface area (Å²) in [5.41, 5.74) is 4.15. The maximum absolute atomic E-state index is 13.0. The predicted octanol–water partition coefficient (Wildman–Crippen LogP) is 1.71. The van der Waals surface area contributed by atoms with Crippen molar-refractivity contribution in [2.45, 2.75) is 19.3 Å². The van der Waals surface area contributed by atoms with Gasteiger partial charge in [0.25, 0.3) is 5.69 Å². The molecule has 0 amide bonds. The van der Waals surface area contributed by atoms with E-state index < -0.39 is 16.8 Å². The molecule has 0 aliphatic heterocycles. The number of benzene rings is 1. The molecule has 2 N–H and O–H groups in total. The number of nitro groups is 1. The Morgan fingerprint density at radius 3 is 2.38 bits per heavy atom. The van der Waals surface area contributed by atoms with E-state index >= 15 is 0 Å². The van der Waals surface area contributed by atoms with Gasteiger partial charge in [0, 0.05) is 18.7 Å². The lowest BCUT2D eigenvalue weighted by atomic mass is 10.2. The van der Waals surface area contributed by atoms with Crippen molar-refractivity contribution in [1.82, 2.24) is 15.0 Å².